The zero-order valence-electron chi connectivity index (χ0n) is 22.2. The minimum absolute atomic E-state index is 0.0176. The van der Waals surface area contributed by atoms with Gasteiger partial charge in [-0.3, -0.25) is 4.79 Å². The molecule has 0 spiro atoms. The van der Waals surface area contributed by atoms with E-state index in [0.717, 1.165) is 65.1 Å². The number of carbonyl (C=O) groups is 1. The van der Waals surface area contributed by atoms with Gasteiger partial charge in [0.05, 0.1) is 27.8 Å². The van der Waals surface area contributed by atoms with Crippen molar-refractivity contribution in [3.63, 3.8) is 0 Å². The minimum Gasteiger partial charge on any atom is -0.498 e. The van der Waals surface area contributed by atoms with Gasteiger partial charge in [-0.05, 0) is 78.4 Å². The average Bonchev–Trinajstić information content (AvgIpc) is 3.13. The monoisotopic (exact) mass is 495 g/mol. The van der Waals surface area contributed by atoms with Crippen molar-refractivity contribution < 1.29 is 28.5 Å². The van der Waals surface area contributed by atoms with E-state index in [1.54, 1.807) is 28.4 Å². The molecule has 0 N–H and O–H groups in total. The third kappa shape index (κ3) is 5.37. The van der Waals surface area contributed by atoms with Gasteiger partial charge in [0.15, 0.2) is 11.5 Å². The minimum atomic E-state index is -0.190. The van der Waals surface area contributed by atoms with Crippen molar-refractivity contribution in [2.24, 2.45) is 0 Å². The van der Waals surface area contributed by atoms with Crippen LogP contribution in [0.2, 0.25) is 0 Å². The fourth-order valence-electron chi connectivity index (χ4n) is 5.18. The number of carbonyl (C=O) groups excluding carboxylic acids is 1. The summed E-state index contributed by atoms with van der Waals surface area (Å²) in [6, 6.07) is 3.96. The van der Waals surface area contributed by atoms with Crippen LogP contribution in [-0.2, 0) is 19.0 Å². The molecule has 0 saturated carbocycles. The Hall–Kier alpha value is -3.03. The molecule has 0 bridgehead atoms. The summed E-state index contributed by atoms with van der Waals surface area (Å²) in [5.74, 6) is 1.90. The number of piperidine rings is 1. The number of hydrogen-bond acceptors (Lipinski definition) is 7. The lowest BCUT2D eigenvalue weighted by atomic mass is 9.95. The lowest BCUT2D eigenvalue weighted by Gasteiger charge is -2.28. The maximum Gasteiger partial charge on any atom is 0.310 e. The van der Waals surface area contributed by atoms with Crippen LogP contribution in [0.4, 0.5) is 0 Å². The van der Waals surface area contributed by atoms with E-state index in [-0.39, 0.29) is 24.6 Å². The van der Waals surface area contributed by atoms with Crippen LogP contribution in [0, 0.1) is 0 Å². The van der Waals surface area contributed by atoms with Gasteiger partial charge in [0.25, 0.3) is 0 Å². The number of ether oxygens (including phenoxy) is 5. The predicted octanol–water partition coefficient (Wildman–Crippen LogP) is 4.78. The van der Waals surface area contributed by atoms with Gasteiger partial charge >= 0.3 is 5.97 Å². The Bertz CT molecular complexity index is 1120. The number of likely N-dealkylation sites (tertiary alicyclic amines) is 1. The van der Waals surface area contributed by atoms with Crippen LogP contribution in [0.15, 0.2) is 47.3 Å². The van der Waals surface area contributed by atoms with Gasteiger partial charge in [0, 0.05) is 26.6 Å². The van der Waals surface area contributed by atoms with Gasteiger partial charge < -0.3 is 28.6 Å². The van der Waals surface area contributed by atoms with E-state index in [4.69, 9.17) is 23.7 Å². The Kier molecular flexibility index (Phi) is 8.21. The molecule has 0 aromatic heterocycles. The molecule has 36 heavy (non-hydrogen) atoms. The molecule has 1 heterocycles. The van der Waals surface area contributed by atoms with E-state index in [9.17, 15) is 4.79 Å². The molecule has 7 heteroatoms. The van der Waals surface area contributed by atoms with Crippen LogP contribution in [0.3, 0.4) is 0 Å². The van der Waals surface area contributed by atoms with Gasteiger partial charge in [-0.15, -0.1) is 0 Å². The molecule has 2 aliphatic carbocycles. The quantitative estimate of drug-likeness (QED) is 0.481. The SMILES string of the molecule is COC1=CC=C(/C=C2/C(C)=C(CC(=O)OC3CCN(C)CC3)c3cc(OC)c(OC)cc32)CC1OC. The molecule has 1 saturated heterocycles. The number of hydrogen-bond donors (Lipinski definition) is 0. The third-order valence-corrected chi connectivity index (χ3v) is 7.33. The molecule has 1 atom stereocenters. The molecule has 1 aromatic rings. The number of esters is 1. The molecule has 1 aromatic carbocycles. The number of benzene rings is 1. The molecule has 1 unspecified atom stereocenters. The highest BCUT2D eigenvalue weighted by atomic mass is 16.5. The lowest BCUT2D eigenvalue weighted by molar-refractivity contribution is -0.149. The first kappa shape index (κ1) is 26.0. The van der Waals surface area contributed by atoms with Crippen molar-refractivity contribution in [1.82, 2.24) is 4.90 Å². The molecule has 1 aliphatic heterocycles. The highest BCUT2D eigenvalue weighted by molar-refractivity contribution is 6.04. The van der Waals surface area contributed by atoms with Crippen LogP contribution in [0.1, 0.15) is 43.7 Å². The van der Waals surface area contributed by atoms with Crippen molar-refractivity contribution in [2.75, 3.05) is 48.6 Å². The largest absolute Gasteiger partial charge is 0.498 e. The first-order chi connectivity index (χ1) is 17.4. The van der Waals surface area contributed by atoms with Crippen molar-refractivity contribution in [3.05, 3.63) is 58.4 Å². The van der Waals surface area contributed by atoms with E-state index in [2.05, 4.69) is 31.0 Å². The first-order valence-electron chi connectivity index (χ1n) is 12.4. The third-order valence-electron chi connectivity index (χ3n) is 7.33. The number of fused-ring (bicyclic) bond motifs is 1. The fourth-order valence-corrected chi connectivity index (χ4v) is 5.18. The normalized spacial score (nSPS) is 21.7. The number of nitrogens with zero attached hydrogens (tertiary/aromatic N) is 1. The molecule has 194 valence electrons. The summed E-state index contributed by atoms with van der Waals surface area (Å²) in [4.78, 5) is 15.3. The van der Waals surface area contributed by atoms with Crippen LogP contribution >= 0.6 is 0 Å². The van der Waals surface area contributed by atoms with Crippen molar-refractivity contribution in [2.45, 2.75) is 44.8 Å². The Morgan fingerprint density at radius 3 is 2.28 bits per heavy atom. The topological polar surface area (TPSA) is 66.5 Å². The Morgan fingerprint density at radius 2 is 1.67 bits per heavy atom. The molecule has 4 rings (SSSR count). The first-order valence-corrected chi connectivity index (χ1v) is 12.4. The maximum atomic E-state index is 13.0. The van der Waals surface area contributed by atoms with Crippen LogP contribution in [-0.4, -0.2) is 71.7 Å². The van der Waals surface area contributed by atoms with Gasteiger partial charge in [-0.2, -0.15) is 0 Å². The van der Waals surface area contributed by atoms with Gasteiger partial charge in [0.2, 0.25) is 0 Å². The molecular weight excluding hydrogens is 458 g/mol. The number of allylic oxidation sites excluding steroid dienone is 5. The Morgan fingerprint density at radius 1 is 1.00 bits per heavy atom. The summed E-state index contributed by atoms with van der Waals surface area (Å²) < 4.78 is 28.1. The second-order valence-corrected chi connectivity index (χ2v) is 9.53. The lowest BCUT2D eigenvalue weighted by Crippen LogP contribution is -2.35. The van der Waals surface area contributed by atoms with Gasteiger partial charge in [-0.1, -0.05) is 12.2 Å². The van der Waals surface area contributed by atoms with E-state index in [1.807, 2.05) is 18.2 Å². The van der Waals surface area contributed by atoms with E-state index >= 15 is 0 Å². The average molecular weight is 496 g/mol. The smallest absolute Gasteiger partial charge is 0.310 e. The molecule has 3 aliphatic rings. The van der Waals surface area contributed by atoms with Crippen molar-refractivity contribution >= 4 is 17.1 Å². The summed E-state index contributed by atoms with van der Waals surface area (Å²) in [6.45, 7) is 3.96. The van der Waals surface area contributed by atoms with Crippen LogP contribution < -0.4 is 9.47 Å². The van der Waals surface area contributed by atoms with E-state index < -0.39 is 0 Å². The molecule has 7 nitrogen and oxygen atoms in total. The van der Waals surface area contributed by atoms with Gasteiger partial charge in [-0.25, -0.2) is 0 Å². The summed E-state index contributed by atoms with van der Waals surface area (Å²) in [5, 5.41) is 0. The summed E-state index contributed by atoms with van der Waals surface area (Å²) in [7, 11) is 8.70. The summed E-state index contributed by atoms with van der Waals surface area (Å²) >= 11 is 0. The second kappa shape index (κ2) is 11.4. The van der Waals surface area contributed by atoms with Crippen molar-refractivity contribution in [1.29, 1.82) is 0 Å². The van der Waals surface area contributed by atoms with E-state index in [1.165, 1.54) is 0 Å². The predicted molar refractivity (Wildman–Crippen MR) is 140 cm³/mol. The highest BCUT2D eigenvalue weighted by Gasteiger charge is 2.30. The van der Waals surface area contributed by atoms with Crippen LogP contribution in [0.25, 0.3) is 11.1 Å². The van der Waals surface area contributed by atoms with E-state index in [0.29, 0.717) is 17.9 Å². The zero-order valence-corrected chi connectivity index (χ0v) is 22.2. The Labute approximate surface area is 214 Å². The van der Waals surface area contributed by atoms with Gasteiger partial charge in [0.1, 0.15) is 18.0 Å². The summed E-state index contributed by atoms with van der Waals surface area (Å²) in [5.41, 5.74) is 6.18. The highest BCUT2D eigenvalue weighted by Crippen LogP contribution is 2.48. The van der Waals surface area contributed by atoms with Crippen LogP contribution in [0.5, 0.6) is 11.5 Å². The number of methoxy groups -OCH3 is 4. The second-order valence-electron chi connectivity index (χ2n) is 9.53. The molecule has 0 amide bonds. The molecular formula is C29H37NO6. The standard InChI is InChI=1S/C29H37NO6/c1-18-21(13-19-7-8-25(32-3)26(14-19)33-4)23-15-27(34-5)28(35-6)16-24(23)22(18)17-29(31)36-20-9-11-30(2)12-10-20/h7-8,13,15-16,20,26H,9-12,14,17H2,1-6H3/b21-13-. The van der Waals surface area contributed by atoms with Crippen molar-refractivity contribution in [3.8, 4) is 11.5 Å². The fraction of sp³-hybridized carbons (Fsp3) is 0.483. The molecule has 1 fully saturated rings. The summed E-state index contributed by atoms with van der Waals surface area (Å²) in [6.07, 6.45) is 8.69. The Balaban J connectivity index is 1.68. The zero-order chi connectivity index (χ0) is 25.8. The number of rotatable bonds is 8. The molecule has 0 radical (unpaired) electrons. The maximum absolute atomic E-state index is 13.0.